The minimum atomic E-state index is 0.337. The molecule has 0 aliphatic rings. The summed E-state index contributed by atoms with van der Waals surface area (Å²) in [5, 5.41) is 0. The fourth-order valence-electron chi connectivity index (χ4n) is 4.78. The smallest absolute Gasteiger partial charge is 0.139 e. The number of ketones is 2. The van der Waals surface area contributed by atoms with E-state index in [-0.39, 0.29) is 0 Å². The van der Waals surface area contributed by atoms with E-state index in [9.17, 15) is 9.59 Å². The van der Waals surface area contributed by atoms with Crippen LogP contribution >= 0.6 is 0 Å². The van der Waals surface area contributed by atoms with Crippen LogP contribution in [-0.4, -0.2) is 11.6 Å². The summed E-state index contributed by atoms with van der Waals surface area (Å²) < 4.78 is 0. The van der Waals surface area contributed by atoms with Crippen LogP contribution in [0.25, 0.3) is 0 Å². The maximum atomic E-state index is 12.6. The quantitative estimate of drug-likeness (QED) is 0.136. The highest BCUT2D eigenvalue weighted by molar-refractivity contribution is 5.83. The van der Waals surface area contributed by atoms with Crippen LogP contribution in [0.3, 0.4) is 0 Å². The van der Waals surface area contributed by atoms with Crippen molar-refractivity contribution in [3.8, 4) is 0 Å². The van der Waals surface area contributed by atoms with Gasteiger partial charge >= 0.3 is 0 Å². The van der Waals surface area contributed by atoms with Gasteiger partial charge in [-0.15, -0.1) is 0 Å². The minimum absolute atomic E-state index is 0.337. The number of hydrogen-bond donors (Lipinski definition) is 0. The molecule has 1 unspecified atom stereocenters. The monoisotopic (exact) mass is 480 g/mol. The first-order valence-corrected chi connectivity index (χ1v) is 15.5. The van der Waals surface area contributed by atoms with Crippen molar-refractivity contribution in [1.82, 2.24) is 0 Å². The van der Waals surface area contributed by atoms with E-state index in [4.69, 9.17) is 0 Å². The standard InChI is InChI=1S/C17H34O.C15H30O/c1-5-9-12-15(8-4)17(18)16(13-10-6-2)14-11-7-3;1-4-7-10-13-15(16)14(11-8-5-2)12-9-6-3/h15-16H,5-14H2,1-4H3;14H,4-13H2,1-3H3. The molecular weight excluding hydrogens is 416 g/mol. The summed E-state index contributed by atoms with van der Waals surface area (Å²) in [5.74, 6) is 2.18. The largest absolute Gasteiger partial charge is 0.299 e. The van der Waals surface area contributed by atoms with Crippen molar-refractivity contribution >= 4 is 11.6 Å². The average Bonchev–Trinajstić information content (AvgIpc) is 2.85. The summed E-state index contributed by atoms with van der Waals surface area (Å²) >= 11 is 0. The van der Waals surface area contributed by atoms with Crippen molar-refractivity contribution in [3.05, 3.63) is 0 Å². The van der Waals surface area contributed by atoms with Gasteiger partial charge in [0.2, 0.25) is 0 Å². The van der Waals surface area contributed by atoms with E-state index < -0.39 is 0 Å². The Bertz CT molecular complexity index is 426. The molecule has 0 amide bonds. The van der Waals surface area contributed by atoms with Gasteiger partial charge in [-0.25, -0.2) is 0 Å². The van der Waals surface area contributed by atoms with Crippen LogP contribution in [0.5, 0.6) is 0 Å². The molecule has 0 rings (SSSR count). The van der Waals surface area contributed by atoms with E-state index in [1.165, 1.54) is 77.0 Å². The van der Waals surface area contributed by atoms with Gasteiger partial charge in [0, 0.05) is 24.2 Å². The van der Waals surface area contributed by atoms with Gasteiger partial charge in [-0.1, -0.05) is 126 Å². The third-order valence-corrected chi connectivity index (χ3v) is 7.31. The molecule has 204 valence electrons. The van der Waals surface area contributed by atoms with Crippen LogP contribution < -0.4 is 0 Å². The minimum Gasteiger partial charge on any atom is -0.299 e. The summed E-state index contributed by atoms with van der Waals surface area (Å²) in [6, 6.07) is 0. The van der Waals surface area contributed by atoms with Crippen molar-refractivity contribution in [2.24, 2.45) is 17.8 Å². The normalized spacial score (nSPS) is 12.0. The Hall–Kier alpha value is -0.660. The summed E-state index contributed by atoms with van der Waals surface area (Å²) in [4.78, 5) is 24.6. The van der Waals surface area contributed by atoms with Crippen molar-refractivity contribution in [2.75, 3.05) is 0 Å². The van der Waals surface area contributed by atoms with Crippen molar-refractivity contribution in [3.63, 3.8) is 0 Å². The highest BCUT2D eigenvalue weighted by atomic mass is 16.1. The predicted molar refractivity (Wildman–Crippen MR) is 153 cm³/mol. The zero-order valence-electron chi connectivity index (χ0n) is 24.7. The Morgan fingerprint density at radius 3 is 1.15 bits per heavy atom. The van der Waals surface area contributed by atoms with Crippen molar-refractivity contribution in [2.45, 2.75) is 177 Å². The topological polar surface area (TPSA) is 34.1 Å². The number of unbranched alkanes of at least 4 members (excludes halogenated alkanes) is 7. The second kappa shape index (κ2) is 26.9. The molecule has 0 N–H and O–H groups in total. The number of carbonyl (C=O) groups excluding carboxylic acids is 2. The zero-order chi connectivity index (χ0) is 26.0. The van der Waals surface area contributed by atoms with Crippen LogP contribution in [0.1, 0.15) is 177 Å². The number of Topliss-reactive ketones (excluding diaryl/α,β-unsaturated/α-hetero) is 2. The Balaban J connectivity index is 0. The molecule has 0 fully saturated rings. The Labute approximate surface area is 215 Å². The molecule has 34 heavy (non-hydrogen) atoms. The summed E-state index contributed by atoms with van der Waals surface area (Å²) in [7, 11) is 0. The first-order chi connectivity index (χ1) is 16.5. The lowest BCUT2D eigenvalue weighted by Crippen LogP contribution is -2.23. The van der Waals surface area contributed by atoms with Crippen LogP contribution in [0.4, 0.5) is 0 Å². The van der Waals surface area contributed by atoms with Crippen LogP contribution in [0.2, 0.25) is 0 Å². The maximum Gasteiger partial charge on any atom is 0.139 e. The third-order valence-electron chi connectivity index (χ3n) is 7.31. The lowest BCUT2D eigenvalue weighted by atomic mass is 9.82. The summed E-state index contributed by atoms with van der Waals surface area (Å²) in [6.07, 6.45) is 23.1. The van der Waals surface area contributed by atoms with Crippen LogP contribution in [0, 0.1) is 17.8 Å². The average molecular weight is 481 g/mol. The molecule has 0 spiro atoms. The fraction of sp³-hybridized carbons (Fsp3) is 0.938. The van der Waals surface area contributed by atoms with E-state index in [0.717, 1.165) is 51.4 Å². The van der Waals surface area contributed by atoms with Crippen LogP contribution in [0.15, 0.2) is 0 Å². The highest BCUT2D eigenvalue weighted by Gasteiger charge is 2.24. The first kappa shape index (κ1) is 35.5. The zero-order valence-corrected chi connectivity index (χ0v) is 24.7. The Morgan fingerprint density at radius 1 is 0.441 bits per heavy atom. The lowest BCUT2D eigenvalue weighted by Gasteiger charge is -2.21. The molecule has 0 radical (unpaired) electrons. The predicted octanol–water partition coefficient (Wildman–Crippen LogP) is 10.9. The molecule has 1 atom stereocenters. The number of rotatable bonds is 23. The Kier molecular flexibility index (Phi) is 28.1. The fourth-order valence-corrected chi connectivity index (χ4v) is 4.78. The van der Waals surface area contributed by atoms with E-state index in [0.29, 0.717) is 29.3 Å². The molecule has 2 heteroatoms. The van der Waals surface area contributed by atoms with Gasteiger partial charge < -0.3 is 0 Å². The van der Waals surface area contributed by atoms with Crippen molar-refractivity contribution < 1.29 is 9.59 Å². The number of carbonyl (C=O) groups is 2. The maximum absolute atomic E-state index is 12.6. The Morgan fingerprint density at radius 2 is 0.794 bits per heavy atom. The molecule has 0 aromatic heterocycles. The van der Waals surface area contributed by atoms with Gasteiger partial charge in [0.1, 0.15) is 11.6 Å². The van der Waals surface area contributed by atoms with Gasteiger partial charge in [-0.05, 0) is 44.9 Å². The van der Waals surface area contributed by atoms with Crippen molar-refractivity contribution in [1.29, 1.82) is 0 Å². The molecule has 0 saturated carbocycles. The summed E-state index contributed by atoms with van der Waals surface area (Å²) in [6.45, 7) is 15.4. The van der Waals surface area contributed by atoms with E-state index in [1.807, 2.05) is 0 Å². The molecule has 0 aromatic rings. The molecule has 2 nitrogen and oxygen atoms in total. The van der Waals surface area contributed by atoms with E-state index in [1.54, 1.807) is 0 Å². The number of hydrogen-bond acceptors (Lipinski definition) is 2. The van der Waals surface area contributed by atoms with Gasteiger partial charge in [0.25, 0.3) is 0 Å². The molecule has 0 heterocycles. The van der Waals surface area contributed by atoms with Gasteiger partial charge in [0.15, 0.2) is 0 Å². The molecule has 0 bridgehead atoms. The first-order valence-electron chi connectivity index (χ1n) is 15.5. The van der Waals surface area contributed by atoms with Gasteiger partial charge in [0.05, 0.1) is 0 Å². The second-order valence-electron chi connectivity index (χ2n) is 10.5. The van der Waals surface area contributed by atoms with E-state index in [2.05, 4.69) is 48.5 Å². The molecule has 0 aliphatic carbocycles. The molecule has 0 saturated heterocycles. The third kappa shape index (κ3) is 19.6. The highest BCUT2D eigenvalue weighted by Crippen LogP contribution is 2.25. The second-order valence-corrected chi connectivity index (χ2v) is 10.5. The summed E-state index contributed by atoms with van der Waals surface area (Å²) in [5.41, 5.74) is 0. The lowest BCUT2D eigenvalue weighted by molar-refractivity contribution is -0.127. The van der Waals surface area contributed by atoms with Crippen LogP contribution in [-0.2, 0) is 9.59 Å². The molecular formula is C32H64O2. The van der Waals surface area contributed by atoms with E-state index >= 15 is 0 Å². The van der Waals surface area contributed by atoms with Gasteiger partial charge in [-0.3, -0.25) is 9.59 Å². The molecule has 0 aromatic carbocycles. The van der Waals surface area contributed by atoms with Gasteiger partial charge in [-0.2, -0.15) is 0 Å². The molecule has 0 aliphatic heterocycles. The SMILES string of the molecule is CCCCC(CC)C(=O)C(CCCC)CCCC.CCCCCC(=O)C(CCCC)CCCC.